The zero-order valence-electron chi connectivity index (χ0n) is 15.4. The monoisotopic (exact) mass is 381 g/mol. The Hall–Kier alpha value is -2.51. The summed E-state index contributed by atoms with van der Waals surface area (Å²) in [6.07, 6.45) is 3.54. The standard InChI is InChI=1S/C20H23N5OS/c1-16-2-4-17(5-3-16)14-24-10-12-25(13-11-24)19-20(23-27-22-19)26-15-18-6-8-21-9-7-18/h2-9H,10-15H2,1H3. The van der Waals surface area contributed by atoms with E-state index in [-0.39, 0.29) is 0 Å². The van der Waals surface area contributed by atoms with Crippen molar-refractivity contribution in [2.45, 2.75) is 20.1 Å². The van der Waals surface area contributed by atoms with E-state index in [1.54, 1.807) is 12.4 Å². The molecule has 0 N–H and O–H groups in total. The second kappa shape index (κ2) is 8.45. The molecule has 0 radical (unpaired) electrons. The molecule has 1 fully saturated rings. The highest BCUT2D eigenvalue weighted by Gasteiger charge is 2.23. The van der Waals surface area contributed by atoms with Crippen LogP contribution in [0.5, 0.6) is 5.88 Å². The number of piperazine rings is 1. The molecule has 6 nitrogen and oxygen atoms in total. The van der Waals surface area contributed by atoms with Gasteiger partial charge in [-0.2, -0.15) is 4.37 Å². The van der Waals surface area contributed by atoms with Gasteiger partial charge in [0.25, 0.3) is 5.88 Å². The summed E-state index contributed by atoms with van der Waals surface area (Å²) in [5.74, 6) is 1.49. The SMILES string of the molecule is Cc1ccc(CN2CCN(c3nsnc3OCc3ccncc3)CC2)cc1. The lowest BCUT2D eigenvalue weighted by molar-refractivity contribution is 0.246. The Kier molecular flexibility index (Phi) is 5.60. The van der Waals surface area contributed by atoms with Crippen LogP contribution in [0.2, 0.25) is 0 Å². The molecule has 0 atom stereocenters. The summed E-state index contributed by atoms with van der Waals surface area (Å²) in [4.78, 5) is 8.79. The number of hydrogen-bond acceptors (Lipinski definition) is 7. The van der Waals surface area contributed by atoms with E-state index in [9.17, 15) is 0 Å². The largest absolute Gasteiger partial charge is 0.470 e. The van der Waals surface area contributed by atoms with E-state index in [0.29, 0.717) is 12.5 Å². The molecule has 1 aliphatic rings. The van der Waals surface area contributed by atoms with E-state index in [1.807, 2.05) is 12.1 Å². The number of ether oxygens (including phenoxy) is 1. The van der Waals surface area contributed by atoms with Crippen molar-refractivity contribution in [3.8, 4) is 5.88 Å². The highest BCUT2D eigenvalue weighted by atomic mass is 32.1. The summed E-state index contributed by atoms with van der Waals surface area (Å²) in [7, 11) is 0. The minimum absolute atomic E-state index is 0.480. The lowest BCUT2D eigenvalue weighted by Crippen LogP contribution is -2.46. The molecule has 0 amide bonds. The smallest absolute Gasteiger partial charge is 0.271 e. The van der Waals surface area contributed by atoms with Gasteiger partial charge in [-0.05, 0) is 30.2 Å². The summed E-state index contributed by atoms with van der Waals surface area (Å²) in [5, 5.41) is 0. The molecule has 1 aliphatic heterocycles. The van der Waals surface area contributed by atoms with Gasteiger partial charge >= 0.3 is 0 Å². The maximum atomic E-state index is 5.90. The molecule has 4 rings (SSSR count). The molecular weight excluding hydrogens is 358 g/mol. The first kappa shape index (κ1) is 17.9. The highest BCUT2D eigenvalue weighted by molar-refractivity contribution is 6.99. The minimum atomic E-state index is 0.480. The van der Waals surface area contributed by atoms with Crippen molar-refractivity contribution >= 4 is 17.5 Å². The molecule has 3 aromatic rings. The topological polar surface area (TPSA) is 54.4 Å². The van der Waals surface area contributed by atoms with Crippen LogP contribution in [-0.4, -0.2) is 44.8 Å². The Labute approximate surface area is 163 Å². The van der Waals surface area contributed by atoms with Gasteiger partial charge in [0.15, 0.2) is 0 Å². The van der Waals surface area contributed by atoms with Gasteiger partial charge in [0.2, 0.25) is 5.82 Å². The van der Waals surface area contributed by atoms with Gasteiger partial charge < -0.3 is 9.64 Å². The quantitative estimate of drug-likeness (QED) is 0.654. The van der Waals surface area contributed by atoms with E-state index in [4.69, 9.17) is 4.74 Å². The first-order valence-corrected chi connectivity index (χ1v) is 9.88. The number of anilines is 1. The van der Waals surface area contributed by atoms with Crippen LogP contribution in [0, 0.1) is 6.92 Å². The molecule has 0 aliphatic carbocycles. The number of hydrogen-bond donors (Lipinski definition) is 0. The molecule has 140 valence electrons. The van der Waals surface area contributed by atoms with Crippen LogP contribution < -0.4 is 9.64 Å². The molecule has 2 aromatic heterocycles. The van der Waals surface area contributed by atoms with Crippen molar-refractivity contribution in [3.63, 3.8) is 0 Å². The van der Waals surface area contributed by atoms with Crippen LogP contribution in [-0.2, 0) is 13.2 Å². The molecule has 0 spiro atoms. The average molecular weight is 382 g/mol. The van der Waals surface area contributed by atoms with Crippen molar-refractivity contribution in [1.29, 1.82) is 0 Å². The minimum Gasteiger partial charge on any atom is -0.470 e. The number of pyridine rings is 1. The fourth-order valence-electron chi connectivity index (χ4n) is 3.16. The van der Waals surface area contributed by atoms with Gasteiger partial charge in [-0.1, -0.05) is 29.8 Å². The van der Waals surface area contributed by atoms with Gasteiger partial charge in [0.05, 0.1) is 11.7 Å². The Morgan fingerprint density at radius 2 is 1.67 bits per heavy atom. The van der Waals surface area contributed by atoms with Crippen LogP contribution in [0.1, 0.15) is 16.7 Å². The Balaban J connectivity index is 1.32. The van der Waals surface area contributed by atoms with Crippen molar-refractivity contribution in [1.82, 2.24) is 18.6 Å². The van der Waals surface area contributed by atoms with Gasteiger partial charge in [-0.15, -0.1) is 4.37 Å². The molecule has 0 unspecified atom stereocenters. The van der Waals surface area contributed by atoms with Crippen LogP contribution >= 0.6 is 11.7 Å². The predicted molar refractivity (Wildman–Crippen MR) is 107 cm³/mol. The molecule has 27 heavy (non-hydrogen) atoms. The molecule has 3 heterocycles. The van der Waals surface area contributed by atoms with E-state index in [1.165, 1.54) is 22.9 Å². The number of rotatable bonds is 6. The van der Waals surface area contributed by atoms with Crippen LogP contribution in [0.15, 0.2) is 48.8 Å². The van der Waals surface area contributed by atoms with Gasteiger partial charge in [0, 0.05) is 45.1 Å². The second-order valence-corrected chi connectivity index (χ2v) is 7.31. The van der Waals surface area contributed by atoms with E-state index < -0.39 is 0 Å². The Bertz CT molecular complexity index is 844. The van der Waals surface area contributed by atoms with E-state index >= 15 is 0 Å². The van der Waals surface area contributed by atoms with Gasteiger partial charge in [0.1, 0.15) is 6.61 Å². The average Bonchev–Trinajstić information content (AvgIpc) is 3.18. The molecule has 7 heteroatoms. The third-order valence-electron chi connectivity index (χ3n) is 4.77. The third-order valence-corrected chi connectivity index (χ3v) is 5.27. The number of aryl methyl sites for hydroxylation is 1. The van der Waals surface area contributed by atoms with Crippen molar-refractivity contribution < 1.29 is 4.74 Å². The van der Waals surface area contributed by atoms with Crippen LogP contribution in [0.4, 0.5) is 5.82 Å². The zero-order chi connectivity index (χ0) is 18.5. The summed E-state index contributed by atoms with van der Waals surface area (Å²) in [6.45, 7) is 7.48. The molecular formula is C20H23N5OS. The number of aromatic nitrogens is 3. The maximum absolute atomic E-state index is 5.90. The molecule has 1 aromatic carbocycles. The number of nitrogens with zero attached hydrogens (tertiary/aromatic N) is 5. The second-order valence-electron chi connectivity index (χ2n) is 6.79. The summed E-state index contributed by atoms with van der Waals surface area (Å²) in [6, 6.07) is 12.7. The van der Waals surface area contributed by atoms with Crippen LogP contribution in [0.3, 0.4) is 0 Å². The van der Waals surface area contributed by atoms with Gasteiger partial charge in [-0.25, -0.2) is 0 Å². The van der Waals surface area contributed by atoms with E-state index in [0.717, 1.165) is 44.1 Å². The normalized spacial score (nSPS) is 15.1. The molecule has 0 bridgehead atoms. The predicted octanol–water partition coefficient (Wildman–Crippen LogP) is 3.14. The fourth-order valence-corrected chi connectivity index (χ4v) is 3.68. The van der Waals surface area contributed by atoms with Crippen molar-refractivity contribution in [2.24, 2.45) is 0 Å². The maximum Gasteiger partial charge on any atom is 0.271 e. The first-order valence-electron chi connectivity index (χ1n) is 9.15. The molecule has 0 saturated carbocycles. The van der Waals surface area contributed by atoms with Crippen molar-refractivity contribution in [3.05, 3.63) is 65.5 Å². The zero-order valence-corrected chi connectivity index (χ0v) is 16.2. The molecule has 1 saturated heterocycles. The fraction of sp³-hybridized carbons (Fsp3) is 0.350. The summed E-state index contributed by atoms with van der Waals surface area (Å²) < 4.78 is 14.7. The third kappa shape index (κ3) is 4.61. The lowest BCUT2D eigenvalue weighted by Gasteiger charge is -2.34. The van der Waals surface area contributed by atoms with Crippen LogP contribution in [0.25, 0.3) is 0 Å². The van der Waals surface area contributed by atoms with Crippen molar-refractivity contribution in [2.75, 3.05) is 31.1 Å². The Morgan fingerprint density at radius 1 is 0.926 bits per heavy atom. The van der Waals surface area contributed by atoms with Gasteiger partial charge in [-0.3, -0.25) is 9.88 Å². The Morgan fingerprint density at radius 3 is 2.41 bits per heavy atom. The number of benzene rings is 1. The lowest BCUT2D eigenvalue weighted by atomic mass is 10.1. The summed E-state index contributed by atoms with van der Waals surface area (Å²) >= 11 is 1.21. The van der Waals surface area contributed by atoms with E-state index in [2.05, 4.69) is 54.7 Å². The summed E-state index contributed by atoms with van der Waals surface area (Å²) in [5.41, 5.74) is 3.75. The highest BCUT2D eigenvalue weighted by Crippen LogP contribution is 2.27. The first-order chi connectivity index (χ1) is 13.3.